The number of nitrogens with zero attached hydrogens (tertiary/aromatic N) is 2. The Morgan fingerprint density at radius 3 is 2.50 bits per heavy atom. The van der Waals surface area contributed by atoms with Crippen molar-refractivity contribution in [3.63, 3.8) is 0 Å². The number of ether oxygens (including phenoxy) is 1. The molecule has 5 nitrogen and oxygen atoms in total. The molecule has 9 heteroatoms. The average Bonchev–Trinajstić information content (AvgIpc) is 2.88. The largest absolute Gasteiger partial charge is 0.434 e. The standard InChI is InChI=1S/C17H22F2N4OS.HI/c1-10-5-6-14(24-16(18)19)13(7-10)8-21-17(20-4)22-9-15-23-11(2)12(3)25-15;/h5-7,16H,8-9H2,1-4H3,(H2,20,21,22);1H. The van der Waals surface area contributed by atoms with Crippen molar-refractivity contribution in [3.8, 4) is 5.75 Å². The fourth-order valence-electron chi connectivity index (χ4n) is 2.23. The minimum atomic E-state index is -2.85. The number of guanidine groups is 1. The Balaban J connectivity index is 0.00000338. The van der Waals surface area contributed by atoms with Crippen LogP contribution in [0.1, 0.15) is 26.7 Å². The van der Waals surface area contributed by atoms with E-state index in [4.69, 9.17) is 0 Å². The van der Waals surface area contributed by atoms with Gasteiger partial charge >= 0.3 is 6.61 Å². The van der Waals surface area contributed by atoms with E-state index in [0.29, 0.717) is 24.6 Å². The van der Waals surface area contributed by atoms with Crippen LogP contribution in [0.5, 0.6) is 5.75 Å². The second-order valence-electron chi connectivity index (χ2n) is 5.52. The van der Waals surface area contributed by atoms with Crippen LogP contribution in [0.3, 0.4) is 0 Å². The molecule has 0 aliphatic heterocycles. The number of halogens is 3. The van der Waals surface area contributed by atoms with E-state index in [2.05, 4.69) is 25.3 Å². The molecule has 2 N–H and O–H groups in total. The van der Waals surface area contributed by atoms with Gasteiger partial charge in [0.05, 0.1) is 12.2 Å². The van der Waals surface area contributed by atoms with Crippen molar-refractivity contribution < 1.29 is 13.5 Å². The molecule has 144 valence electrons. The number of thiazole rings is 1. The first-order chi connectivity index (χ1) is 11.9. The van der Waals surface area contributed by atoms with Crippen LogP contribution in [-0.2, 0) is 13.1 Å². The molecule has 0 spiro atoms. The van der Waals surface area contributed by atoms with Crippen LogP contribution in [0.2, 0.25) is 0 Å². The van der Waals surface area contributed by atoms with E-state index in [0.717, 1.165) is 16.3 Å². The first-order valence-corrected chi connectivity index (χ1v) is 8.62. The second-order valence-corrected chi connectivity index (χ2v) is 6.81. The summed E-state index contributed by atoms with van der Waals surface area (Å²) in [4.78, 5) is 9.79. The van der Waals surface area contributed by atoms with Gasteiger partial charge in [0.15, 0.2) is 5.96 Å². The zero-order chi connectivity index (χ0) is 18.4. The van der Waals surface area contributed by atoms with E-state index in [9.17, 15) is 8.78 Å². The van der Waals surface area contributed by atoms with Crippen LogP contribution in [-0.4, -0.2) is 24.6 Å². The van der Waals surface area contributed by atoms with Gasteiger partial charge in [-0.15, -0.1) is 35.3 Å². The summed E-state index contributed by atoms with van der Waals surface area (Å²) >= 11 is 1.63. The molecule has 2 aromatic rings. The van der Waals surface area contributed by atoms with Crippen LogP contribution < -0.4 is 15.4 Å². The number of hydrogen-bond donors (Lipinski definition) is 2. The van der Waals surface area contributed by atoms with Crippen LogP contribution in [0, 0.1) is 20.8 Å². The lowest BCUT2D eigenvalue weighted by Crippen LogP contribution is -2.36. The van der Waals surface area contributed by atoms with Gasteiger partial charge in [-0.3, -0.25) is 4.99 Å². The molecule has 0 saturated heterocycles. The van der Waals surface area contributed by atoms with Gasteiger partial charge in [-0.2, -0.15) is 8.78 Å². The Morgan fingerprint density at radius 2 is 1.92 bits per heavy atom. The number of nitrogens with one attached hydrogen (secondary N) is 2. The summed E-state index contributed by atoms with van der Waals surface area (Å²) in [6.45, 7) is 3.93. The molecule has 1 aromatic heterocycles. The number of benzene rings is 1. The smallest absolute Gasteiger partial charge is 0.387 e. The third-order valence-corrected chi connectivity index (χ3v) is 4.65. The van der Waals surface area contributed by atoms with Crippen molar-refractivity contribution in [2.45, 2.75) is 40.5 Å². The van der Waals surface area contributed by atoms with E-state index in [1.54, 1.807) is 30.5 Å². The molecule has 0 fully saturated rings. The quantitative estimate of drug-likeness (QED) is 0.359. The van der Waals surface area contributed by atoms with E-state index >= 15 is 0 Å². The highest BCUT2D eigenvalue weighted by molar-refractivity contribution is 14.0. The molecular weight excluding hydrogens is 473 g/mol. The van der Waals surface area contributed by atoms with E-state index in [1.165, 1.54) is 4.88 Å². The summed E-state index contributed by atoms with van der Waals surface area (Å²) in [6.07, 6.45) is 0. The number of hydrogen-bond acceptors (Lipinski definition) is 4. The predicted molar refractivity (Wildman–Crippen MR) is 112 cm³/mol. The number of alkyl halides is 2. The number of aryl methyl sites for hydroxylation is 3. The molecule has 0 aliphatic carbocycles. The molecule has 0 amide bonds. The van der Waals surface area contributed by atoms with Crippen LogP contribution >= 0.6 is 35.3 Å². The molecule has 0 bridgehead atoms. The van der Waals surface area contributed by atoms with Gasteiger partial charge in [0.1, 0.15) is 10.8 Å². The lowest BCUT2D eigenvalue weighted by Gasteiger charge is -2.14. The Labute approximate surface area is 173 Å². The molecule has 0 saturated carbocycles. The van der Waals surface area contributed by atoms with Crippen LogP contribution in [0.4, 0.5) is 8.78 Å². The zero-order valence-corrected chi connectivity index (χ0v) is 18.2. The summed E-state index contributed by atoms with van der Waals surface area (Å²) in [5.41, 5.74) is 2.64. The maximum Gasteiger partial charge on any atom is 0.387 e. The van der Waals surface area contributed by atoms with Crippen molar-refractivity contribution >= 4 is 41.3 Å². The lowest BCUT2D eigenvalue weighted by molar-refractivity contribution is -0.0504. The third-order valence-electron chi connectivity index (χ3n) is 3.58. The van der Waals surface area contributed by atoms with E-state index < -0.39 is 6.61 Å². The minimum absolute atomic E-state index is 0. The summed E-state index contributed by atoms with van der Waals surface area (Å²) in [5, 5.41) is 7.25. The summed E-state index contributed by atoms with van der Waals surface area (Å²) in [7, 11) is 1.65. The van der Waals surface area contributed by atoms with Gasteiger partial charge in [0.25, 0.3) is 0 Å². The van der Waals surface area contributed by atoms with Crippen molar-refractivity contribution in [2.24, 2.45) is 4.99 Å². The highest BCUT2D eigenvalue weighted by Gasteiger charge is 2.11. The van der Waals surface area contributed by atoms with Crippen molar-refractivity contribution in [1.82, 2.24) is 15.6 Å². The fraction of sp³-hybridized carbons (Fsp3) is 0.412. The van der Waals surface area contributed by atoms with Gasteiger partial charge in [0.2, 0.25) is 0 Å². The second kappa shape index (κ2) is 10.6. The molecule has 0 unspecified atom stereocenters. The lowest BCUT2D eigenvalue weighted by atomic mass is 10.1. The van der Waals surface area contributed by atoms with E-state index in [-0.39, 0.29) is 29.7 Å². The Kier molecular flexibility index (Phi) is 9.20. The summed E-state index contributed by atoms with van der Waals surface area (Å²) in [5.74, 6) is 0.727. The first kappa shape index (κ1) is 22.6. The number of aliphatic imine (C=N–C) groups is 1. The monoisotopic (exact) mass is 496 g/mol. The number of aromatic nitrogens is 1. The summed E-state index contributed by atoms with van der Waals surface area (Å²) < 4.78 is 29.6. The first-order valence-electron chi connectivity index (χ1n) is 7.80. The van der Waals surface area contributed by atoms with E-state index in [1.807, 2.05) is 26.8 Å². The number of rotatable bonds is 6. The molecule has 2 rings (SSSR count). The van der Waals surface area contributed by atoms with Gasteiger partial charge in [-0.1, -0.05) is 17.7 Å². The molecular formula is C17H23F2IN4OS. The maximum atomic E-state index is 12.5. The predicted octanol–water partition coefficient (Wildman–Crippen LogP) is 4.15. The van der Waals surface area contributed by atoms with Gasteiger partial charge in [-0.25, -0.2) is 4.98 Å². The molecule has 1 aromatic carbocycles. The molecule has 26 heavy (non-hydrogen) atoms. The van der Waals surface area contributed by atoms with Gasteiger partial charge < -0.3 is 15.4 Å². The molecule has 0 aliphatic rings. The molecule has 0 radical (unpaired) electrons. The minimum Gasteiger partial charge on any atom is -0.434 e. The SMILES string of the molecule is CN=C(NCc1nc(C)c(C)s1)NCc1cc(C)ccc1OC(F)F.I. The molecule has 1 heterocycles. The highest BCUT2D eigenvalue weighted by atomic mass is 127. The van der Waals surface area contributed by atoms with Crippen molar-refractivity contribution in [1.29, 1.82) is 0 Å². The average molecular weight is 496 g/mol. The maximum absolute atomic E-state index is 12.5. The van der Waals surface area contributed by atoms with Crippen LogP contribution in [0.15, 0.2) is 23.2 Å². The van der Waals surface area contributed by atoms with Crippen LogP contribution in [0.25, 0.3) is 0 Å². The van der Waals surface area contributed by atoms with Crippen molar-refractivity contribution in [3.05, 3.63) is 44.9 Å². The highest BCUT2D eigenvalue weighted by Crippen LogP contribution is 2.22. The Morgan fingerprint density at radius 1 is 1.23 bits per heavy atom. The third kappa shape index (κ3) is 6.67. The topological polar surface area (TPSA) is 58.5 Å². The summed E-state index contributed by atoms with van der Waals surface area (Å²) in [6, 6.07) is 5.10. The zero-order valence-electron chi connectivity index (χ0n) is 15.1. The fourth-order valence-corrected chi connectivity index (χ4v) is 3.10. The Bertz CT molecular complexity index is 733. The van der Waals surface area contributed by atoms with Crippen molar-refractivity contribution in [2.75, 3.05) is 7.05 Å². The van der Waals surface area contributed by atoms with Gasteiger partial charge in [0, 0.05) is 24.0 Å². The Hall–Kier alpha value is -1.49. The molecule has 0 atom stereocenters. The normalized spacial score (nSPS) is 11.3. The van der Waals surface area contributed by atoms with Gasteiger partial charge in [-0.05, 0) is 26.8 Å².